The van der Waals surface area contributed by atoms with Gasteiger partial charge in [-0.25, -0.2) is 0 Å². The van der Waals surface area contributed by atoms with Crippen LogP contribution in [-0.2, 0) is 0 Å². The quantitative estimate of drug-likeness (QED) is 0.883. The van der Waals surface area contributed by atoms with Crippen LogP contribution in [-0.4, -0.2) is 11.5 Å². The van der Waals surface area contributed by atoms with Crippen molar-refractivity contribution in [3.8, 4) is 0 Å². The fourth-order valence-corrected chi connectivity index (χ4v) is 2.75. The Kier molecular flexibility index (Phi) is 4.50. The van der Waals surface area contributed by atoms with E-state index in [0.717, 1.165) is 24.4 Å². The van der Waals surface area contributed by atoms with Crippen LogP contribution in [0.1, 0.15) is 41.2 Å². The molecule has 0 aliphatic rings. The maximum absolute atomic E-state index is 4.65. The lowest BCUT2D eigenvalue weighted by molar-refractivity contribution is 0.586. The minimum absolute atomic E-state index is 0.217. The lowest BCUT2D eigenvalue weighted by Crippen LogP contribution is -2.23. The van der Waals surface area contributed by atoms with Crippen LogP contribution in [0.2, 0.25) is 0 Å². The zero-order valence-corrected chi connectivity index (χ0v) is 12.1. The Morgan fingerprint density at radius 3 is 2.78 bits per heavy atom. The third kappa shape index (κ3) is 3.18. The van der Waals surface area contributed by atoms with E-state index in [0.29, 0.717) is 0 Å². The van der Waals surface area contributed by atoms with Gasteiger partial charge in [0.05, 0.1) is 11.7 Å². The molecule has 2 nitrogen and oxygen atoms in total. The molecule has 2 aromatic heterocycles. The second-order valence-electron chi connectivity index (χ2n) is 4.58. The average Bonchev–Trinajstić information content (AvgIpc) is 2.76. The topological polar surface area (TPSA) is 24.9 Å². The van der Waals surface area contributed by atoms with Crippen molar-refractivity contribution >= 4 is 11.3 Å². The van der Waals surface area contributed by atoms with E-state index >= 15 is 0 Å². The van der Waals surface area contributed by atoms with Crippen LogP contribution in [0.25, 0.3) is 0 Å². The second kappa shape index (κ2) is 6.12. The largest absolute Gasteiger partial charge is 0.305 e. The van der Waals surface area contributed by atoms with Crippen LogP contribution >= 0.6 is 11.3 Å². The smallest absolute Gasteiger partial charge is 0.0759 e. The van der Waals surface area contributed by atoms with E-state index < -0.39 is 0 Å². The summed E-state index contributed by atoms with van der Waals surface area (Å²) in [6, 6.07) is 8.70. The van der Waals surface area contributed by atoms with Gasteiger partial charge >= 0.3 is 0 Å². The van der Waals surface area contributed by atoms with Gasteiger partial charge in [0.2, 0.25) is 0 Å². The second-order valence-corrected chi connectivity index (χ2v) is 5.70. The fourth-order valence-electron chi connectivity index (χ4n) is 2.02. The Labute approximate surface area is 113 Å². The summed E-state index contributed by atoms with van der Waals surface area (Å²) in [4.78, 5) is 6.00. The summed E-state index contributed by atoms with van der Waals surface area (Å²) < 4.78 is 0. The van der Waals surface area contributed by atoms with Gasteiger partial charge in [0.1, 0.15) is 0 Å². The van der Waals surface area contributed by atoms with Crippen molar-refractivity contribution in [3.63, 3.8) is 0 Å². The van der Waals surface area contributed by atoms with Crippen LogP contribution < -0.4 is 5.32 Å². The molecule has 2 heterocycles. The van der Waals surface area contributed by atoms with Gasteiger partial charge in [0.25, 0.3) is 0 Å². The number of aryl methyl sites for hydroxylation is 2. The molecule has 0 fully saturated rings. The van der Waals surface area contributed by atoms with E-state index in [9.17, 15) is 0 Å². The number of hydrogen-bond acceptors (Lipinski definition) is 3. The molecule has 1 N–H and O–H groups in total. The number of rotatable bonds is 5. The Morgan fingerprint density at radius 1 is 1.33 bits per heavy atom. The number of pyridine rings is 1. The first kappa shape index (κ1) is 13.2. The van der Waals surface area contributed by atoms with Gasteiger partial charge < -0.3 is 5.32 Å². The van der Waals surface area contributed by atoms with E-state index in [1.54, 1.807) is 11.3 Å². The fraction of sp³-hybridized carbons (Fsp3) is 0.400. The summed E-state index contributed by atoms with van der Waals surface area (Å²) in [6.07, 6.45) is 1.13. The number of nitrogens with zero attached hydrogens (tertiary/aromatic N) is 1. The molecule has 0 aliphatic heterocycles. The molecular weight excluding hydrogens is 240 g/mol. The van der Waals surface area contributed by atoms with Crippen LogP contribution in [0, 0.1) is 13.8 Å². The van der Waals surface area contributed by atoms with Crippen LogP contribution in [0.4, 0.5) is 0 Å². The first-order valence-electron chi connectivity index (χ1n) is 6.42. The molecule has 0 spiro atoms. The number of thiophene rings is 1. The number of nitrogens with one attached hydrogen (secondary N) is 1. The van der Waals surface area contributed by atoms with Crippen molar-refractivity contribution in [2.24, 2.45) is 0 Å². The molecule has 0 radical (unpaired) electrons. The van der Waals surface area contributed by atoms with Crippen molar-refractivity contribution < 1.29 is 0 Å². The van der Waals surface area contributed by atoms with Gasteiger partial charge in [-0.15, -0.1) is 11.3 Å². The summed E-state index contributed by atoms with van der Waals surface area (Å²) in [5.41, 5.74) is 3.51. The number of aromatic nitrogens is 1. The van der Waals surface area contributed by atoms with Crippen molar-refractivity contribution in [3.05, 3.63) is 51.5 Å². The van der Waals surface area contributed by atoms with Gasteiger partial charge in [0.15, 0.2) is 0 Å². The molecule has 0 saturated heterocycles. The van der Waals surface area contributed by atoms with Gasteiger partial charge in [0, 0.05) is 10.6 Å². The molecule has 1 unspecified atom stereocenters. The molecule has 0 amide bonds. The normalized spacial score (nSPS) is 12.6. The molecule has 0 bridgehead atoms. The summed E-state index contributed by atoms with van der Waals surface area (Å²) in [5.74, 6) is 0. The van der Waals surface area contributed by atoms with Crippen molar-refractivity contribution in [2.45, 2.75) is 33.2 Å². The molecule has 18 heavy (non-hydrogen) atoms. The molecule has 3 heteroatoms. The Hall–Kier alpha value is -1.19. The van der Waals surface area contributed by atoms with Gasteiger partial charge in [-0.05, 0) is 56.0 Å². The zero-order valence-electron chi connectivity index (χ0n) is 11.2. The molecular formula is C15H20N2S. The van der Waals surface area contributed by atoms with E-state index in [-0.39, 0.29) is 6.04 Å². The van der Waals surface area contributed by atoms with E-state index in [2.05, 4.69) is 47.7 Å². The average molecular weight is 260 g/mol. The van der Waals surface area contributed by atoms with Crippen LogP contribution in [0.15, 0.2) is 29.6 Å². The highest BCUT2D eigenvalue weighted by atomic mass is 32.1. The Bertz CT molecular complexity index is 505. The highest BCUT2D eigenvalue weighted by molar-refractivity contribution is 7.10. The third-order valence-corrected chi connectivity index (χ3v) is 3.77. The zero-order chi connectivity index (χ0) is 13.0. The summed E-state index contributed by atoms with van der Waals surface area (Å²) in [6.45, 7) is 7.38. The van der Waals surface area contributed by atoms with Gasteiger partial charge in [-0.3, -0.25) is 4.98 Å². The van der Waals surface area contributed by atoms with Gasteiger partial charge in [-0.1, -0.05) is 13.0 Å². The molecule has 0 saturated carbocycles. The highest BCUT2D eigenvalue weighted by Crippen LogP contribution is 2.25. The molecule has 0 aromatic carbocycles. The summed E-state index contributed by atoms with van der Waals surface area (Å²) in [5, 5.41) is 5.82. The van der Waals surface area contributed by atoms with Crippen molar-refractivity contribution in [2.75, 3.05) is 6.54 Å². The molecule has 2 aromatic rings. The first-order valence-corrected chi connectivity index (χ1v) is 7.30. The predicted octanol–water partition coefficient (Wildman–Crippen LogP) is 3.85. The highest BCUT2D eigenvalue weighted by Gasteiger charge is 2.15. The molecule has 1 atom stereocenters. The van der Waals surface area contributed by atoms with Crippen molar-refractivity contribution in [1.29, 1.82) is 0 Å². The standard InChI is InChI=1S/C15H20N2S/c1-4-8-16-15(13-9-12(3)18-10-13)14-7-5-6-11(2)17-14/h5-7,9-10,15-16H,4,8H2,1-3H3. The molecule has 2 rings (SSSR count). The van der Waals surface area contributed by atoms with Crippen LogP contribution in [0.3, 0.4) is 0 Å². The minimum Gasteiger partial charge on any atom is -0.305 e. The van der Waals surface area contributed by atoms with E-state index in [1.807, 2.05) is 13.0 Å². The summed E-state index contributed by atoms with van der Waals surface area (Å²) >= 11 is 1.80. The Balaban J connectivity index is 2.30. The maximum atomic E-state index is 4.65. The molecule has 96 valence electrons. The minimum atomic E-state index is 0.217. The van der Waals surface area contributed by atoms with E-state index in [1.165, 1.54) is 10.4 Å². The first-order chi connectivity index (χ1) is 8.70. The van der Waals surface area contributed by atoms with Gasteiger partial charge in [-0.2, -0.15) is 0 Å². The third-order valence-electron chi connectivity index (χ3n) is 2.89. The lowest BCUT2D eigenvalue weighted by Gasteiger charge is -2.17. The van der Waals surface area contributed by atoms with E-state index in [4.69, 9.17) is 0 Å². The van der Waals surface area contributed by atoms with Crippen LogP contribution in [0.5, 0.6) is 0 Å². The Morgan fingerprint density at radius 2 is 2.17 bits per heavy atom. The summed E-state index contributed by atoms with van der Waals surface area (Å²) in [7, 11) is 0. The SMILES string of the molecule is CCCNC(c1csc(C)c1)c1cccc(C)n1. The number of hydrogen-bond donors (Lipinski definition) is 1. The predicted molar refractivity (Wildman–Crippen MR) is 78.2 cm³/mol. The maximum Gasteiger partial charge on any atom is 0.0759 e. The molecule has 0 aliphatic carbocycles. The lowest BCUT2D eigenvalue weighted by atomic mass is 10.1. The monoisotopic (exact) mass is 260 g/mol. The van der Waals surface area contributed by atoms with Crippen molar-refractivity contribution in [1.82, 2.24) is 10.3 Å².